The summed E-state index contributed by atoms with van der Waals surface area (Å²) in [6, 6.07) is 6.76. The maximum Gasteiger partial charge on any atom is 0.255 e. The van der Waals surface area contributed by atoms with Crippen LogP contribution in [0.4, 0.5) is 14.5 Å². The number of halogens is 2. The molecule has 2 heterocycles. The summed E-state index contributed by atoms with van der Waals surface area (Å²) in [4.78, 5) is 14.3. The van der Waals surface area contributed by atoms with Gasteiger partial charge in [0, 0.05) is 25.2 Å². The molecule has 27 heavy (non-hydrogen) atoms. The molecule has 1 aliphatic rings. The maximum absolute atomic E-state index is 14.0. The van der Waals surface area contributed by atoms with Crippen molar-refractivity contribution < 1.29 is 18.3 Å². The summed E-state index contributed by atoms with van der Waals surface area (Å²) < 4.78 is 33.2. The number of aromatic amines is 1. The van der Waals surface area contributed by atoms with Crippen LogP contribution >= 0.6 is 0 Å². The number of carbonyl (C=O) groups excluding carboxylic acids is 1. The van der Waals surface area contributed by atoms with E-state index < -0.39 is 11.6 Å². The van der Waals surface area contributed by atoms with Crippen LogP contribution in [0.2, 0.25) is 0 Å². The van der Waals surface area contributed by atoms with Gasteiger partial charge in [0.05, 0.1) is 12.7 Å². The van der Waals surface area contributed by atoms with Crippen LogP contribution in [0.5, 0.6) is 5.75 Å². The lowest BCUT2D eigenvalue weighted by atomic mass is 10.1. The van der Waals surface area contributed by atoms with Gasteiger partial charge < -0.3 is 15.0 Å². The minimum absolute atomic E-state index is 0.0594. The number of ether oxygens (including phenoxy) is 1. The smallest absolute Gasteiger partial charge is 0.255 e. The lowest BCUT2D eigenvalue weighted by Gasteiger charge is -2.20. The van der Waals surface area contributed by atoms with Gasteiger partial charge in [-0.2, -0.15) is 15.4 Å². The zero-order chi connectivity index (χ0) is 19.0. The first kappa shape index (κ1) is 17.2. The number of methoxy groups -OCH3 is 1. The molecule has 2 N–H and O–H groups in total. The molecule has 1 aliphatic heterocycles. The molecule has 0 spiro atoms. The Morgan fingerprint density at radius 3 is 2.67 bits per heavy atom. The second-order valence-electron chi connectivity index (χ2n) is 6.34. The van der Waals surface area contributed by atoms with E-state index in [2.05, 4.69) is 20.7 Å². The molecular formula is C18H17F2N5O2. The van der Waals surface area contributed by atoms with Crippen molar-refractivity contribution in [2.24, 2.45) is 0 Å². The molecular weight excluding hydrogens is 356 g/mol. The van der Waals surface area contributed by atoms with E-state index in [0.717, 1.165) is 0 Å². The van der Waals surface area contributed by atoms with Crippen LogP contribution in [0.3, 0.4) is 0 Å². The number of carbonyl (C=O) groups is 1. The Morgan fingerprint density at radius 1 is 1.26 bits per heavy atom. The Balaban J connectivity index is 1.51. The maximum atomic E-state index is 14.0. The predicted molar refractivity (Wildman–Crippen MR) is 94.9 cm³/mol. The first-order chi connectivity index (χ1) is 13.1. The average Bonchev–Trinajstić information content (AvgIpc) is 3.29. The number of anilines is 1. The first-order valence-electron chi connectivity index (χ1n) is 8.45. The molecule has 9 heteroatoms. The highest BCUT2D eigenvalue weighted by atomic mass is 19.1. The molecule has 1 unspecified atom stereocenters. The minimum Gasteiger partial charge on any atom is -0.496 e. The van der Waals surface area contributed by atoms with E-state index in [1.807, 2.05) is 0 Å². The van der Waals surface area contributed by atoms with Crippen molar-refractivity contribution in [2.45, 2.75) is 12.5 Å². The number of rotatable bonds is 4. The summed E-state index contributed by atoms with van der Waals surface area (Å²) in [6.45, 7) is 0.764. The number of H-pyrrole nitrogens is 1. The number of hydrogen-bond donors (Lipinski definition) is 2. The van der Waals surface area contributed by atoms with Gasteiger partial charge in [0.15, 0.2) is 0 Å². The second-order valence-corrected chi connectivity index (χ2v) is 6.34. The zero-order valence-electron chi connectivity index (χ0n) is 14.5. The Hall–Kier alpha value is -3.23. The van der Waals surface area contributed by atoms with Crippen LogP contribution in [-0.2, 0) is 0 Å². The van der Waals surface area contributed by atoms with Crippen molar-refractivity contribution in [2.75, 3.05) is 25.1 Å². The van der Waals surface area contributed by atoms with Gasteiger partial charge in [-0.05, 0) is 24.6 Å². The number of hydrogen-bond acceptors (Lipinski definition) is 5. The highest BCUT2D eigenvalue weighted by Gasteiger charge is 2.28. The highest BCUT2D eigenvalue weighted by molar-refractivity contribution is 6.00. The Kier molecular flexibility index (Phi) is 4.35. The van der Waals surface area contributed by atoms with Gasteiger partial charge in [-0.15, -0.1) is 0 Å². The van der Waals surface area contributed by atoms with Gasteiger partial charge in [0.1, 0.15) is 34.1 Å². The van der Waals surface area contributed by atoms with Crippen molar-refractivity contribution in [3.8, 4) is 5.75 Å². The molecule has 0 bridgehead atoms. The molecule has 140 valence electrons. The SMILES string of the molecule is COc1cc2n[nH]nc2cc1C(=O)NC1CCN(c2c(F)cccc2F)C1. The zero-order valence-corrected chi connectivity index (χ0v) is 14.5. The number of aromatic nitrogens is 3. The number of para-hydroxylation sites is 1. The summed E-state index contributed by atoms with van der Waals surface area (Å²) in [6.07, 6.45) is 0.577. The topological polar surface area (TPSA) is 83.1 Å². The van der Waals surface area contributed by atoms with Crippen molar-refractivity contribution in [3.05, 3.63) is 47.5 Å². The number of nitrogens with one attached hydrogen (secondary N) is 2. The molecule has 7 nitrogen and oxygen atoms in total. The van der Waals surface area contributed by atoms with E-state index in [1.165, 1.54) is 25.3 Å². The molecule has 1 saturated heterocycles. The fraction of sp³-hybridized carbons (Fsp3) is 0.278. The Morgan fingerprint density at radius 2 is 1.96 bits per heavy atom. The fourth-order valence-electron chi connectivity index (χ4n) is 3.35. The number of amides is 1. The van der Waals surface area contributed by atoms with E-state index in [9.17, 15) is 13.6 Å². The third-order valence-electron chi connectivity index (χ3n) is 4.66. The Labute approximate surface area is 153 Å². The number of nitrogens with zero attached hydrogens (tertiary/aromatic N) is 3. The van der Waals surface area contributed by atoms with E-state index >= 15 is 0 Å². The monoisotopic (exact) mass is 373 g/mol. The molecule has 3 aromatic rings. The molecule has 1 atom stereocenters. The second kappa shape index (κ2) is 6.82. The third-order valence-corrected chi connectivity index (χ3v) is 4.66. The summed E-state index contributed by atoms with van der Waals surface area (Å²) in [5.74, 6) is -1.18. The van der Waals surface area contributed by atoms with Gasteiger partial charge in [-0.1, -0.05) is 6.07 Å². The molecule has 1 aromatic heterocycles. The van der Waals surface area contributed by atoms with Crippen molar-refractivity contribution in [3.63, 3.8) is 0 Å². The molecule has 1 amide bonds. The predicted octanol–water partition coefficient (Wildman–Crippen LogP) is 2.25. The van der Waals surface area contributed by atoms with Crippen LogP contribution in [0, 0.1) is 11.6 Å². The van der Waals surface area contributed by atoms with Gasteiger partial charge >= 0.3 is 0 Å². The first-order valence-corrected chi connectivity index (χ1v) is 8.45. The van der Waals surface area contributed by atoms with E-state index in [0.29, 0.717) is 41.9 Å². The van der Waals surface area contributed by atoms with Crippen LogP contribution in [-0.4, -0.2) is 47.6 Å². The molecule has 0 aliphatic carbocycles. The van der Waals surface area contributed by atoms with Gasteiger partial charge in [-0.25, -0.2) is 8.78 Å². The normalized spacial score (nSPS) is 16.7. The van der Waals surface area contributed by atoms with E-state index in [1.54, 1.807) is 17.0 Å². The summed E-state index contributed by atoms with van der Waals surface area (Å²) >= 11 is 0. The van der Waals surface area contributed by atoms with Gasteiger partial charge in [-0.3, -0.25) is 4.79 Å². The summed E-state index contributed by atoms with van der Waals surface area (Å²) in [5.41, 5.74) is 1.40. The van der Waals surface area contributed by atoms with E-state index in [-0.39, 0.29) is 17.6 Å². The number of fused-ring (bicyclic) bond motifs is 1. The summed E-state index contributed by atoms with van der Waals surface area (Å²) in [5, 5.41) is 13.3. The molecule has 0 saturated carbocycles. The lowest BCUT2D eigenvalue weighted by Crippen LogP contribution is -2.37. The van der Waals surface area contributed by atoms with Crippen LogP contribution in [0.25, 0.3) is 11.0 Å². The average molecular weight is 373 g/mol. The van der Waals surface area contributed by atoms with Gasteiger partial charge in [0.2, 0.25) is 0 Å². The van der Waals surface area contributed by atoms with Gasteiger partial charge in [0.25, 0.3) is 5.91 Å². The van der Waals surface area contributed by atoms with Crippen LogP contribution in [0.1, 0.15) is 16.8 Å². The number of benzene rings is 2. The molecule has 4 rings (SSSR count). The fourth-order valence-corrected chi connectivity index (χ4v) is 3.35. The van der Waals surface area contributed by atoms with E-state index in [4.69, 9.17) is 4.74 Å². The van der Waals surface area contributed by atoms with Crippen LogP contribution < -0.4 is 15.0 Å². The highest BCUT2D eigenvalue weighted by Crippen LogP contribution is 2.28. The van der Waals surface area contributed by atoms with Crippen molar-refractivity contribution in [1.29, 1.82) is 0 Å². The summed E-state index contributed by atoms with van der Waals surface area (Å²) in [7, 11) is 1.47. The quantitative estimate of drug-likeness (QED) is 0.733. The van der Waals surface area contributed by atoms with Crippen LogP contribution in [0.15, 0.2) is 30.3 Å². The Bertz CT molecular complexity index is 986. The van der Waals surface area contributed by atoms with Crippen molar-refractivity contribution >= 4 is 22.6 Å². The lowest BCUT2D eigenvalue weighted by molar-refractivity contribution is 0.0937. The molecule has 2 aromatic carbocycles. The largest absolute Gasteiger partial charge is 0.496 e. The third kappa shape index (κ3) is 3.16. The standard InChI is InChI=1S/C18H17F2N5O2/c1-27-16-8-15-14(22-24-23-15)7-11(16)18(26)21-10-5-6-25(9-10)17-12(19)3-2-4-13(17)20/h2-4,7-8,10H,5-6,9H2,1H3,(H,21,26)(H,22,23,24). The minimum atomic E-state index is -0.611. The van der Waals surface area contributed by atoms with Crippen molar-refractivity contribution in [1.82, 2.24) is 20.7 Å². The molecule has 1 fully saturated rings. The molecule has 0 radical (unpaired) electrons.